The normalized spacial score (nSPS) is 25.7. The molecule has 1 saturated heterocycles. The van der Waals surface area contributed by atoms with E-state index in [9.17, 15) is 4.39 Å². The number of halogens is 1. The van der Waals surface area contributed by atoms with E-state index in [-0.39, 0.29) is 5.82 Å². The Morgan fingerprint density at radius 1 is 1.12 bits per heavy atom. The standard InChI is InChI=1S/C20H28FN3/c1-20(2,3)16-5-6-17(13-16)23-8-10-24(11-9-23)19-7-4-15(14-22)12-18(19)21/h4,7,12,16-17H,5-6,8-11,13H2,1-3H3. The molecule has 0 spiro atoms. The maximum absolute atomic E-state index is 14.2. The summed E-state index contributed by atoms with van der Waals surface area (Å²) in [5.41, 5.74) is 1.42. The zero-order valence-electron chi connectivity index (χ0n) is 15.1. The number of nitriles is 1. The van der Waals surface area contributed by atoms with Gasteiger partial charge in [0.05, 0.1) is 17.3 Å². The second-order valence-electron chi connectivity index (χ2n) is 8.33. The SMILES string of the molecule is CC(C)(C)C1CCC(N2CCN(c3ccc(C#N)cc3F)CC2)C1. The average Bonchev–Trinajstić information content (AvgIpc) is 3.05. The first-order valence-electron chi connectivity index (χ1n) is 9.07. The van der Waals surface area contributed by atoms with E-state index in [4.69, 9.17) is 5.26 Å². The fourth-order valence-electron chi connectivity index (χ4n) is 4.24. The summed E-state index contributed by atoms with van der Waals surface area (Å²) in [5, 5.41) is 8.86. The topological polar surface area (TPSA) is 30.3 Å². The van der Waals surface area contributed by atoms with Gasteiger partial charge in [0.25, 0.3) is 0 Å². The van der Waals surface area contributed by atoms with Crippen LogP contribution in [-0.4, -0.2) is 37.1 Å². The van der Waals surface area contributed by atoms with Crippen LogP contribution in [0.15, 0.2) is 18.2 Å². The summed E-state index contributed by atoms with van der Waals surface area (Å²) in [4.78, 5) is 4.72. The molecule has 1 aromatic rings. The molecule has 1 aromatic carbocycles. The summed E-state index contributed by atoms with van der Waals surface area (Å²) in [7, 11) is 0. The van der Waals surface area contributed by atoms with Gasteiger partial charge in [-0.15, -0.1) is 0 Å². The fraction of sp³-hybridized carbons (Fsp3) is 0.650. The lowest BCUT2D eigenvalue weighted by Crippen LogP contribution is -2.50. The van der Waals surface area contributed by atoms with E-state index in [1.54, 1.807) is 12.1 Å². The van der Waals surface area contributed by atoms with Crippen LogP contribution in [0.2, 0.25) is 0 Å². The summed E-state index contributed by atoms with van der Waals surface area (Å²) >= 11 is 0. The number of piperazine rings is 1. The molecular weight excluding hydrogens is 301 g/mol. The Hall–Kier alpha value is -1.60. The molecule has 0 amide bonds. The smallest absolute Gasteiger partial charge is 0.147 e. The number of rotatable bonds is 2. The lowest BCUT2D eigenvalue weighted by Gasteiger charge is -2.39. The van der Waals surface area contributed by atoms with Crippen molar-refractivity contribution in [2.75, 3.05) is 31.1 Å². The van der Waals surface area contributed by atoms with E-state index >= 15 is 0 Å². The van der Waals surface area contributed by atoms with Crippen molar-refractivity contribution >= 4 is 5.69 Å². The molecule has 2 fully saturated rings. The lowest BCUT2D eigenvalue weighted by molar-refractivity contribution is 0.167. The minimum absolute atomic E-state index is 0.281. The van der Waals surface area contributed by atoms with Crippen LogP contribution in [0.1, 0.15) is 45.6 Å². The quantitative estimate of drug-likeness (QED) is 0.820. The average molecular weight is 329 g/mol. The molecule has 130 valence electrons. The van der Waals surface area contributed by atoms with E-state index in [2.05, 4.69) is 30.6 Å². The van der Waals surface area contributed by atoms with Crippen molar-refractivity contribution in [3.05, 3.63) is 29.6 Å². The van der Waals surface area contributed by atoms with Gasteiger partial charge in [-0.3, -0.25) is 4.90 Å². The summed E-state index contributed by atoms with van der Waals surface area (Å²) in [6.45, 7) is 10.8. The van der Waals surface area contributed by atoms with Gasteiger partial charge in [0.15, 0.2) is 0 Å². The van der Waals surface area contributed by atoms with Crippen LogP contribution in [0.4, 0.5) is 10.1 Å². The third kappa shape index (κ3) is 3.57. The van der Waals surface area contributed by atoms with E-state index in [1.165, 1.54) is 25.3 Å². The van der Waals surface area contributed by atoms with Crippen molar-refractivity contribution in [1.29, 1.82) is 5.26 Å². The highest BCUT2D eigenvalue weighted by molar-refractivity contribution is 5.51. The maximum Gasteiger partial charge on any atom is 0.147 e. The Morgan fingerprint density at radius 2 is 1.83 bits per heavy atom. The molecule has 3 nitrogen and oxygen atoms in total. The predicted octanol–water partition coefficient (Wildman–Crippen LogP) is 4.03. The molecule has 1 heterocycles. The first kappa shape index (κ1) is 17.2. The first-order valence-corrected chi connectivity index (χ1v) is 9.07. The highest BCUT2D eigenvalue weighted by Gasteiger charge is 2.36. The molecule has 2 unspecified atom stereocenters. The van der Waals surface area contributed by atoms with Crippen LogP contribution in [0.5, 0.6) is 0 Å². The van der Waals surface area contributed by atoms with E-state index in [0.717, 1.165) is 32.1 Å². The molecule has 24 heavy (non-hydrogen) atoms. The van der Waals surface area contributed by atoms with Gasteiger partial charge < -0.3 is 4.90 Å². The van der Waals surface area contributed by atoms with Crippen molar-refractivity contribution in [3.8, 4) is 6.07 Å². The summed E-state index contributed by atoms with van der Waals surface area (Å²) in [5.74, 6) is 0.535. The van der Waals surface area contributed by atoms with Gasteiger partial charge in [0.1, 0.15) is 5.82 Å². The van der Waals surface area contributed by atoms with Gasteiger partial charge >= 0.3 is 0 Å². The summed E-state index contributed by atoms with van der Waals surface area (Å²) < 4.78 is 14.2. The summed E-state index contributed by atoms with van der Waals surface area (Å²) in [6.07, 6.45) is 3.93. The largest absolute Gasteiger partial charge is 0.367 e. The van der Waals surface area contributed by atoms with Crippen LogP contribution in [0, 0.1) is 28.5 Å². The number of hydrogen-bond acceptors (Lipinski definition) is 3. The van der Waals surface area contributed by atoms with Gasteiger partial charge in [-0.05, 0) is 48.8 Å². The zero-order chi connectivity index (χ0) is 17.3. The second-order valence-corrected chi connectivity index (χ2v) is 8.33. The molecule has 3 rings (SSSR count). The Morgan fingerprint density at radius 3 is 2.38 bits per heavy atom. The Kier molecular flexibility index (Phi) is 4.83. The second kappa shape index (κ2) is 6.72. The van der Waals surface area contributed by atoms with Gasteiger partial charge in [0.2, 0.25) is 0 Å². The van der Waals surface area contributed by atoms with Crippen LogP contribution in [0.3, 0.4) is 0 Å². The number of benzene rings is 1. The zero-order valence-corrected chi connectivity index (χ0v) is 15.1. The molecule has 1 aliphatic heterocycles. The Labute approximate surface area is 145 Å². The van der Waals surface area contributed by atoms with Crippen molar-refractivity contribution < 1.29 is 4.39 Å². The minimum atomic E-state index is -0.281. The van der Waals surface area contributed by atoms with Gasteiger partial charge in [0, 0.05) is 32.2 Å². The molecular formula is C20H28FN3. The van der Waals surface area contributed by atoms with E-state index in [0.29, 0.717) is 22.7 Å². The van der Waals surface area contributed by atoms with Crippen molar-refractivity contribution in [2.45, 2.75) is 46.1 Å². The number of hydrogen-bond donors (Lipinski definition) is 0. The first-order chi connectivity index (χ1) is 11.4. The fourth-order valence-corrected chi connectivity index (χ4v) is 4.24. The maximum atomic E-state index is 14.2. The molecule has 1 aliphatic carbocycles. The van der Waals surface area contributed by atoms with Gasteiger partial charge in [-0.1, -0.05) is 20.8 Å². The van der Waals surface area contributed by atoms with E-state index in [1.807, 2.05) is 6.07 Å². The highest BCUT2D eigenvalue weighted by Crippen LogP contribution is 2.41. The molecule has 1 saturated carbocycles. The monoisotopic (exact) mass is 329 g/mol. The van der Waals surface area contributed by atoms with Crippen molar-refractivity contribution in [3.63, 3.8) is 0 Å². The number of anilines is 1. The highest BCUT2D eigenvalue weighted by atomic mass is 19.1. The van der Waals surface area contributed by atoms with Gasteiger partial charge in [-0.25, -0.2) is 4.39 Å². The third-order valence-corrected chi connectivity index (χ3v) is 5.88. The van der Waals surface area contributed by atoms with E-state index < -0.39 is 0 Å². The third-order valence-electron chi connectivity index (χ3n) is 5.88. The van der Waals surface area contributed by atoms with Crippen molar-refractivity contribution in [1.82, 2.24) is 4.90 Å². The molecule has 0 aromatic heterocycles. The van der Waals surface area contributed by atoms with Crippen LogP contribution >= 0.6 is 0 Å². The molecule has 4 heteroatoms. The van der Waals surface area contributed by atoms with Crippen LogP contribution < -0.4 is 4.90 Å². The van der Waals surface area contributed by atoms with Crippen LogP contribution in [0.25, 0.3) is 0 Å². The Balaban J connectivity index is 1.58. The number of nitrogens with zero attached hydrogens (tertiary/aromatic N) is 3. The Bertz CT molecular complexity index is 621. The molecule has 0 bridgehead atoms. The van der Waals surface area contributed by atoms with Crippen LogP contribution in [-0.2, 0) is 0 Å². The molecule has 2 atom stereocenters. The molecule has 0 N–H and O–H groups in total. The van der Waals surface area contributed by atoms with Gasteiger partial charge in [-0.2, -0.15) is 5.26 Å². The lowest BCUT2D eigenvalue weighted by atomic mass is 9.79. The predicted molar refractivity (Wildman–Crippen MR) is 95.5 cm³/mol. The summed E-state index contributed by atoms with van der Waals surface area (Å²) in [6, 6.07) is 7.48. The minimum Gasteiger partial charge on any atom is -0.367 e. The molecule has 2 aliphatic rings. The molecule has 0 radical (unpaired) electrons. The van der Waals surface area contributed by atoms with Crippen molar-refractivity contribution in [2.24, 2.45) is 11.3 Å².